The van der Waals surface area contributed by atoms with Gasteiger partial charge in [0.2, 0.25) is 0 Å². The number of allylic oxidation sites excluding steroid dienone is 2. The maximum Gasteiger partial charge on any atom is 0.336 e. The van der Waals surface area contributed by atoms with Crippen LogP contribution in [0.5, 0.6) is 0 Å². The second-order valence-corrected chi connectivity index (χ2v) is 7.06. The largest absolute Gasteiger partial charge is 0.478 e. The maximum atomic E-state index is 11.7. The molecular weight excluding hydrogens is 345 g/mol. The Morgan fingerprint density at radius 1 is 1.12 bits per heavy atom. The first kappa shape index (κ1) is 15.6. The Hall–Kier alpha value is -1.97. The van der Waals surface area contributed by atoms with Crippen LogP contribution >= 0.6 is 23.2 Å². The summed E-state index contributed by atoms with van der Waals surface area (Å²) in [6.07, 6.45) is 5.13. The molecule has 3 nitrogen and oxygen atoms in total. The van der Waals surface area contributed by atoms with Gasteiger partial charge in [-0.2, -0.15) is 0 Å². The van der Waals surface area contributed by atoms with Crippen molar-refractivity contribution in [1.29, 1.82) is 0 Å². The molecule has 3 atom stereocenters. The van der Waals surface area contributed by atoms with Crippen molar-refractivity contribution >= 4 is 34.9 Å². The van der Waals surface area contributed by atoms with E-state index in [0.29, 0.717) is 15.6 Å². The molecule has 1 aliphatic heterocycles. The normalized spacial score (nSPS) is 24.2. The van der Waals surface area contributed by atoms with E-state index in [-0.39, 0.29) is 17.9 Å². The lowest BCUT2D eigenvalue weighted by molar-refractivity contribution is 0.0695. The molecule has 1 aliphatic carbocycles. The van der Waals surface area contributed by atoms with Gasteiger partial charge in [-0.25, -0.2) is 4.79 Å². The van der Waals surface area contributed by atoms with E-state index in [0.717, 1.165) is 23.2 Å². The molecule has 5 heteroatoms. The first-order valence-electron chi connectivity index (χ1n) is 7.80. The fourth-order valence-electron chi connectivity index (χ4n) is 3.86. The molecule has 2 aliphatic rings. The van der Waals surface area contributed by atoms with Crippen molar-refractivity contribution in [2.75, 3.05) is 5.32 Å². The molecule has 0 bridgehead atoms. The van der Waals surface area contributed by atoms with Crippen molar-refractivity contribution in [3.63, 3.8) is 0 Å². The van der Waals surface area contributed by atoms with Gasteiger partial charge >= 0.3 is 5.97 Å². The number of nitrogens with one attached hydrogen (secondary N) is 1. The van der Waals surface area contributed by atoms with E-state index in [2.05, 4.69) is 17.5 Å². The number of carbonyl (C=O) groups is 1. The van der Waals surface area contributed by atoms with Crippen LogP contribution in [0.25, 0.3) is 0 Å². The molecular formula is C19H15Cl2NO2. The third-order valence-electron chi connectivity index (χ3n) is 4.93. The molecule has 0 spiro atoms. The highest BCUT2D eigenvalue weighted by Gasteiger charge is 2.40. The second kappa shape index (κ2) is 5.83. The molecule has 2 aromatic rings. The summed E-state index contributed by atoms with van der Waals surface area (Å²) < 4.78 is 0. The number of rotatable bonds is 2. The summed E-state index contributed by atoms with van der Waals surface area (Å²) in [5.74, 6) is -0.615. The van der Waals surface area contributed by atoms with Crippen LogP contribution in [-0.4, -0.2) is 11.1 Å². The zero-order chi connectivity index (χ0) is 16.8. The van der Waals surface area contributed by atoms with E-state index >= 15 is 0 Å². The van der Waals surface area contributed by atoms with Gasteiger partial charge in [0.1, 0.15) is 0 Å². The van der Waals surface area contributed by atoms with E-state index in [4.69, 9.17) is 23.2 Å². The summed E-state index contributed by atoms with van der Waals surface area (Å²) in [6.45, 7) is 0. The summed E-state index contributed by atoms with van der Waals surface area (Å²) in [6, 6.07) is 11.1. The van der Waals surface area contributed by atoms with Gasteiger partial charge in [-0.3, -0.25) is 0 Å². The van der Waals surface area contributed by atoms with Gasteiger partial charge in [-0.15, -0.1) is 0 Å². The van der Waals surface area contributed by atoms with E-state index in [1.807, 2.05) is 24.3 Å². The Morgan fingerprint density at radius 2 is 1.88 bits per heavy atom. The molecule has 0 fully saturated rings. The predicted octanol–water partition coefficient (Wildman–Crippen LogP) is 5.52. The molecule has 0 amide bonds. The van der Waals surface area contributed by atoms with Crippen molar-refractivity contribution in [2.24, 2.45) is 5.92 Å². The van der Waals surface area contributed by atoms with Gasteiger partial charge in [-0.05, 0) is 47.7 Å². The minimum absolute atomic E-state index is 0.0479. The van der Waals surface area contributed by atoms with Crippen molar-refractivity contribution in [1.82, 2.24) is 0 Å². The molecule has 2 aromatic carbocycles. The quantitative estimate of drug-likeness (QED) is 0.694. The van der Waals surface area contributed by atoms with Gasteiger partial charge < -0.3 is 10.4 Å². The molecule has 0 aromatic heterocycles. The molecule has 0 saturated carbocycles. The third-order valence-corrected chi connectivity index (χ3v) is 5.50. The van der Waals surface area contributed by atoms with Gasteiger partial charge in [-0.1, -0.05) is 47.5 Å². The number of hydrogen-bond donors (Lipinski definition) is 2. The third kappa shape index (κ3) is 2.40. The van der Waals surface area contributed by atoms with Crippen LogP contribution in [0.4, 0.5) is 5.69 Å². The van der Waals surface area contributed by atoms with Crippen LogP contribution in [0, 0.1) is 5.92 Å². The molecule has 0 unspecified atom stereocenters. The Kier molecular flexibility index (Phi) is 3.78. The Morgan fingerprint density at radius 3 is 2.58 bits per heavy atom. The van der Waals surface area contributed by atoms with Gasteiger partial charge in [0.15, 0.2) is 0 Å². The smallest absolute Gasteiger partial charge is 0.336 e. The lowest BCUT2D eigenvalue weighted by Crippen LogP contribution is -2.30. The molecule has 4 rings (SSSR count). The molecule has 0 saturated heterocycles. The number of carboxylic acids is 1. The number of anilines is 1. The Balaban J connectivity index is 1.86. The van der Waals surface area contributed by atoms with Crippen LogP contribution in [0.2, 0.25) is 10.0 Å². The second-order valence-electron chi connectivity index (χ2n) is 6.22. The van der Waals surface area contributed by atoms with E-state index in [1.165, 1.54) is 0 Å². The average molecular weight is 360 g/mol. The van der Waals surface area contributed by atoms with Gasteiger partial charge in [0.05, 0.1) is 22.3 Å². The highest BCUT2D eigenvalue weighted by Crippen LogP contribution is 2.52. The van der Waals surface area contributed by atoms with Crippen molar-refractivity contribution in [2.45, 2.75) is 18.4 Å². The van der Waals surface area contributed by atoms with Crippen LogP contribution < -0.4 is 5.32 Å². The van der Waals surface area contributed by atoms with Crippen LogP contribution in [0.15, 0.2) is 48.6 Å². The van der Waals surface area contributed by atoms with Crippen molar-refractivity contribution in [3.8, 4) is 0 Å². The lowest BCUT2D eigenvalue weighted by Gasteiger charge is -2.38. The first-order chi connectivity index (χ1) is 11.6. The minimum Gasteiger partial charge on any atom is -0.478 e. The fraction of sp³-hybridized carbons (Fsp3) is 0.211. The van der Waals surface area contributed by atoms with E-state index in [1.54, 1.807) is 12.1 Å². The minimum atomic E-state index is -0.922. The summed E-state index contributed by atoms with van der Waals surface area (Å²) in [5, 5.41) is 14.3. The predicted molar refractivity (Wildman–Crippen MR) is 96.2 cm³/mol. The zero-order valence-corrected chi connectivity index (χ0v) is 14.2. The summed E-state index contributed by atoms with van der Waals surface area (Å²) >= 11 is 12.4. The van der Waals surface area contributed by atoms with Crippen LogP contribution in [0.1, 0.15) is 39.9 Å². The molecule has 0 radical (unpaired) electrons. The summed E-state index contributed by atoms with van der Waals surface area (Å²) in [7, 11) is 0. The lowest BCUT2D eigenvalue weighted by atomic mass is 9.75. The van der Waals surface area contributed by atoms with Crippen molar-refractivity contribution in [3.05, 3.63) is 75.3 Å². The maximum absolute atomic E-state index is 11.7. The fourth-order valence-corrected chi connectivity index (χ4v) is 4.21. The number of fused-ring (bicyclic) bond motifs is 3. The summed E-state index contributed by atoms with van der Waals surface area (Å²) in [5.41, 5.74) is 2.96. The Bertz CT molecular complexity index is 845. The Labute approximate surface area is 149 Å². The average Bonchev–Trinajstić information content (AvgIpc) is 3.05. The van der Waals surface area contributed by atoms with Crippen molar-refractivity contribution < 1.29 is 9.90 Å². The van der Waals surface area contributed by atoms with Gasteiger partial charge in [0.25, 0.3) is 0 Å². The van der Waals surface area contributed by atoms with E-state index in [9.17, 15) is 9.90 Å². The molecule has 24 heavy (non-hydrogen) atoms. The molecule has 122 valence electrons. The standard InChI is InChI=1S/C19H15Cl2NO2/c20-11-6-4-10(5-7-11)17-13-3-1-2-12(13)16-14(19(23)24)8-9-15(21)18(16)22-17/h1-2,4-9,12-13,17,22H,3H2,(H,23,24)/t12-,13+,17+/m1/s1. The summed E-state index contributed by atoms with van der Waals surface area (Å²) in [4.78, 5) is 11.7. The highest BCUT2D eigenvalue weighted by molar-refractivity contribution is 6.33. The van der Waals surface area contributed by atoms with Crippen LogP contribution in [0.3, 0.4) is 0 Å². The number of halogens is 2. The zero-order valence-electron chi connectivity index (χ0n) is 12.7. The number of hydrogen-bond acceptors (Lipinski definition) is 2. The number of aromatic carboxylic acids is 1. The van der Waals surface area contributed by atoms with Gasteiger partial charge in [0, 0.05) is 10.9 Å². The number of benzene rings is 2. The van der Waals surface area contributed by atoms with Crippen LogP contribution in [-0.2, 0) is 0 Å². The van der Waals surface area contributed by atoms with E-state index < -0.39 is 5.97 Å². The monoisotopic (exact) mass is 359 g/mol. The highest BCUT2D eigenvalue weighted by atomic mass is 35.5. The molecule has 1 heterocycles. The molecule has 2 N–H and O–H groups in total. The first-order valence-corrected chi connectivity index (χ1v) is 8.56. The topological polar surface area (TPSA) is 49.3 Å². The SMILES string of the molecule is O=C(O)c1ccc(Cl)c2c1[C@@H]1C=CC[C@@H]1[C@H](c1ccc(Cl)cc1)N2. The number of carboxylic acid groups (broad SMARTS) is 1.